The van der Waals surface area contributed by atoms with Crippen LogP contribution in [0.2, 0.25) is 0 Å². The summed E-state index contributed by atoms with van der Waals surface area (Å²) in [6.07, 6.45) is -0.964. The molecule has 1 atom stereocenters. The summed E-state index contributed by atoms with van der Waals surface area (Å²) in [5, 5.41) is 7.27. The van der Waals surface area contributed by atoms with E-state index in [1.807, 2.05) is 30.3 Å². The van der Waals surface area contributed by atoms with Gasteiger partial charge in [-0.2, -0.15) is 0 Å². The van der Waals surface area contributed by atoms with Gasteiger partial charge in [0.15, 0.2) is 6.10 Å². The summed E-state index contributed by atoms with van der Waals surface area (Å²) in [7, 11) is 0. The Kier molecular flexibility index (Phi) is 5.69. The molecule has 6 heteroatoms. The van der Waals surface area contributed by atoms with Crippen molar-refractivity contribution in [2.75, 3.05) is 10.6 Å². The molecular weight excluding hydrogens is 356 g/mol. The third kappa shape index (κ3) is 4.73. The monoisotopic (exact) mass is 376 g/mol. The lowest BCUT2D eigenvalue weighted by Gasteiger charge is -2.14. The molecule has 0 saturated heterocycles. The van der Waals surface area contributed by atoms with E-state index in [4.69, 9.17) is 4.74 Å². The second-order valence-corrected chi connectivity index (χ2v) is 6.36. The average Bonchev–Trinajstić information content (AvgIpc) is 2.68. The number of amides is 2. The Morgan fingerprint density at radius 1 is 0.821 bits per heavy atom. The van der Waals surface area contributed by atoms with Gasteiger partial charge in [0.2, 0.25) is 5.91 Å². The van der Waals surface area contributed by atoms with Crippen molar-refractivity contribution < 1.29 is 19.1 Å². The molecule has 2 amide bonds. The molecular formula is C22H20N2O4. The van der Waals surface area contributed by atoms with Crippen molar-refractivity contribution in [1.29, 1.82) is 0 Å². The minimum atomic E-state index is -0.964. The number of carbonyl (C=O) groups is 3. The number of fused-ring (bicyclic) bond motifs is 1. The molecule has 3 rings (SSSR count). The topological polar surface area (TPSA) is 84.5 Å². The van der Waals surface area contributed by atoms with Crippen LogP contribution in [-0.4, -0.2) is 23.9 Å². The maximum atomic E-state index is 12.4. The molecule has 0 aliphatic carbocycles. The van der Waals surface area contributed by atoms with Gasteiger partial charge in [-0.1, -0.05) is 30.3 Å². The number of hydrogen-bond acceptors (Lipinski definition) is 4. The van der Waals surface area contributed by atoms with Gasteiger partial charge in [-0.05, 0) is 54.1 Å². The van der Waals surface area contributed by atoms with Crippen LogP contribution in [0.3, 0.4) is 0 Å². The maximum Gasteiger partial charge on any atom is 0.338 e. The van der Waals surface area contributed by atoms with Crippen LogP contribution in [0.1, 0.15) is 24.2 Å². The highest BCUT2D eigenvalue weighted by Crippen LogP contribution is 2.17. The highest BCUT2D eigenvalue weighted by molar-refractivity contribution is 5.99. The van der Waals surface area contributed by atoms with Crippen molar-refractivity contribution in [2.45, 2.75) is 20.0 Å². The molecule has 0 radical (unpaired) electrons. The highest BCUT2D eigenvalue weighted by atomic mass is 16.5. The lowest BCUT2D eigenvalue weighted by Crippen LogP contribution is -2.30. The molecule has 0 saturated carbocycles. The Labute approximate surface area is 162 Å². The second-order valence-electron chi connectivity index (χ2n) is 6.36. The summed E-state index contributed by atoms with van der Waals surface area (Å²) in [5.41, 5.74) is 1.55. The first-order chi connectivity index (χ1) is 13.4. The molecule has 3 aromatic carbocycles. The number of benzene rings is 3. The molecule has 0 aliphatic rings. The van der Waals surface area contributed by atoms with Gasteiger partial charge in [0.1, 0.15) is 0 Å². The van der Waals surface area contributed by atoms with Crippen molar-refractivity contribution in [1.82, 2.24) is 0 Å². The van der Waals surface area contributed by atoms with Crippen LogP contribution in [-0.2, 0) is 14.3 Å². The third-order valence-electron chi connectivity index (χ3n) is 4.11. The van der Waals surface area contributed by atoms with Crippen LogP contribution >= 0.6 is 0 Å². The van der Waals surface area contributed by atoms with Crippen molar-refractivity contribution in [3.8, 4) is 0 Å². The van der Waals surface area contributed by atoms with Gasteiger partial charge in [0.05, 0.1) is 5.56 Å². The van der Waals surface area contributed by atoms with Gasteiger partial charge < -0.3 is 15.4 Å². The molecule has 0 spiro atoms. The standard InChI is InChI=1S/C22H20N2O4/c1-14(21(26)24-20-11-9-19(10-12-20)23-15(2)25)28-22(27)18-8-7-16-5-3-4-6-17(16)13-18/h3-14H,1-2H3,(H,23,25)(H,24,26)/t14-/m1/s1. The summed E-state index contributed by atoms with van der Waals surface area (Å²) in [6, 6.07) is 19.6. The van der Waals surface area contributed by atoms with Crippen molar-refractivity contribution >= 4 is 39.9 Å². The molecule has 0 aliphatic heterocycles. The number of anilines is 2. The minimum Gasteiger partial charge on any atom is -0.449 e. The number of esters is 1. The molecule has 0 bridgehead atoms. The van der Waals surface area contributed by atoms with E-state index in [-0.39, 0.29) is 5.91 Å². The normalized spacial score (nSPS) is 11.5. The van der Waals surface area contributed by atoms with Crippen LogP contribution in [0.25, 0.3) is 10.8 Å². The first-order valence-corrected chi connectivity index (χ1v) is 8.80. The quantitative estimate of drug-likeness (QED) is 0.660. The van der Waals surface area contributed by atoms with Crippen LogP contribution in [0, 0.1) is 0 Å². The van der Waals surface area contributed by atoms with Gasteiger partial charge in [-0.3, -0.25) is 9.59 Å². The van der Waals surface area contributed by atoms with Gasteiger partial charge in [0.25, 0.3) is 5.91 Å². The fourth-order valence-electron chi connectivity index (χ4n) is 2.68. The van der Waals surface area contributed by atoms with Crippen molar-refractivity contribution in [2.24, 2.45) is 0 Å². The molecule has 0 aromatic heterocycles. The molecule has 0 unspecified atom stereocenters. The zero-order chi connectivity index (χ0) is 20.1. The number of nitrogens with one attached hydrogen (secondary N) is 2. The molecule has 28 heavy (non-hydrogen) atoms. The highest BCUT2D eigenvalue weighted by Gasteiger charge is 2.19. The van der Waals surface area contributed by atoms with Crippen LogP contribution in [0.15, 0.2) is 66.7 Å². The molecule has 0 fully saturated rings. The van der Waals surface area contributed by atoms with Crippen molar-refractivity contribution in [3.05, 3.63) is 72.3 Å². The zero-order valence-corrected chi connectivity index (χ0v) is 15.6. The van der Waals surface area contributed by atoms with E-state index in [1.165, 1.54) is 13.8 Å². The lowest BCUT2D eigenvalue weighted by molar-refractivity contribution is -0.123. The van der Waals surface area contributed by atoms with E-state index in [9.17, 15) is 14.4 Å². The van der Waals surface area contributed by atoms with Crippen LogP contribution in [0.5, 0.6) is 0 Å². The molecule has 3 aromatic rings. The summed E-state index contributed by atoms with van der Waals surface area (Å²) < 4.78 is 5.29. The van der Waals surface area contributed by atoms with Gasteiger partial charge >= 0.3 is 5.97 Å². The van der Waals surface area contributed by atoms with Crippen LogP contribution in [0.4, 0.5) is 11.4 Å². The first kappa shape index (κ1) is 19.1. The molecule has 142 valence electrons. The number of ether oxygens (including phenoxy) is 1. The predicted octanol–water partition coefficient (Wildman–Crippen LogP) is 3.98. The maximum absolute atomic E-state index is 12.4. The third-order valence-corrected chi connectivity index (χ3v) is 4.11. The fraction of sp³-hybridized carbons (Fsp3) is 0.136. The van der Waals surface area contributed by atoms with E-state index in [0.717, 1.165) is 10.8 Å². The number of carbonyl (C=O) groups excluding carboxylic acids is 3. The molecule has 6 nitrogen and oxygen atoms in total. The SMILES string of the molecule is CC(=O)Nc1ccc(NC(=O)[C@@H](C)OC(=O)c2ccc3ccccc3c2)cc1. The van der Waals surface area contributed by atoms with E-state index in [2.05, 4.69) is 10.6 Å². The number of rotatable bonds is 5. The summed E-state index contributed by atoms with van der Waals surface area (Å²) in [5.74, 6) is -1.18. The van der Waals surface area contributed by atoms with Gasteiger partial charge in [-0.25, -0.2) is 4.79 Å². The molecule has 2 N–H and O–H groups in total. The van der Waals surface area contributed by atoms with E-state index in [0.29, 0.717) is 16.9 Å². The van der Waals surface area contributed by atoms with Gasteiger partial charge in [-0.15, -0.1) is 0 Å². The Balaban J connectivity index is 1.61. The second kappa shape index (κ2) is 8.35. The van der Waals surface area contributed by atoms with E-state index in [1.54, 1.807) is 36.4 Å². The molecule has 0 heterocycles. The first-order valence-electron chi connectivity index (χ1n) is 8.80. The van der Waals surface area contributed by atoms with E-state index < -0.39 is 18.0 Å². The van der Waals surface area contributed by atoms with Crippen LogP contribution < -0.4 is 10.6 Å². The predicted molar refractivity (Wildman–Crippen MR) is 108 cm³/mol. The summed E-state index contributed by atoms with van der Waals surface area (Å²) in [6.45, 7) is 2.93. The minimum absolute atomic E-state index is 0.175. The van der Waals surface area contributed by atoms with E-state index >= 15 is 0 Å². The Hall–Kier alpha value is -3.67. The lowest BCUT2D eigenvalue weighted by atomic mass is 10.1. The summed E-state index contributed by atoms with van der Waals surface area (Å²) in [4.78, 5) is 35.7. The van der Waals surface area contributed by atoms with Gasteiger partial charge in [0, 0.05) is 18.3 Å². The zero-order valence-electron chi connectivity index (χ0n) is 15.6. The summed E-state index contributed by atoms with van der Waals surface area (Å²) >= 11 is 0. The van der Waals surface area contributed by atoms with Crippen molar-refractivity contribution in [3.63, 3.8) is 0 Å². The Morgan fingerprint density at radius 3 is 2.07 bits per heavy atom. The smallest absolute Gasteiger partial charge is 0.338 e. The average molecular weight is 376 g/mol. The fourth-order valence-corrected chi connectivity index (χ4v) is 2.68. The Bertz CT molecular complexity index is 1030. The number of hydrogen-bond donors (Lipinski definition) is 2. The Morgan fingerprint density at radius 2 is 1.43 bits per heavy atom. The largest absolute Gasteiger partial charge is 0.449 e.